The standard InChI is InChI=1S/C52H43F2NO/c1-50(2)44-27-32-11-7-6-10-31(32)26-42(44)38-19-14-34(28-45(38)50)52(33-12-17-37(18-13-33)55-24-8-5-9-25-55)23-22-41-48-47(39-20-15-35(53)29-43(39)49(41)56-52)40-21-16-36(54)30-46(40)51(48,3)4/h6-7,10-23,26-30H,5,8-9,24-25H2,1-4H3. The third-order valence-electron chi connectivity index (χ3n) is 13.5. The molecule has 2 heterocycles. The predicted molar refractivity (Wildman–Crippen MR) is 226 cm³/mol. The molecule has 2 nitrogen and oxygen atoms in total. The summed E-state index contributed by atoms with van der Waals surface area (Å²) in [5.41, 5.74) is 11.5. The highest BCUT2D eigenvalue weighted by atomic mass is 19.1. The van der Waals surface area contributed by atoms with Gasteiger partial charge in [0.15, 0.2) is 5.60 Å². The van der Waals surface area contributed by atoms with Gasteiger partial charge in [-0.2, -0.15) is 0 Å². The molecule has 1 atom stereocenters. The number of halogens is 2. The number of piperidine rings is 1. The van der Waals surface area contributed by atoms with Crippen LogP contribution in [-0.4, -0.2) is 13.1 Å². The molecule has 0 radical (unpaired) electrons. The summed E-state index contributed by atoms with van der Waals surface area (Å²) in [6, 6.07) is 39.1. The van der Waals surface area contributed by atoms with Crippen molar-refractivity contribution in [3.63, 3.8) is 0 Å². The molecule has 2 aliphatic heterocycles. The number of nitrogens with zero attached hydrogens (tertiary/aromatic N) is 1. The van der Waals surface area contributed by atoms with E-state index in [-0.39, 0.29) is 17.0 Å². The van der Waals surface area contributed by atoms with Gasteiger partial charge in [-0.1, -0.05) is 94.4 Å². The first kappa shape index (κ1) is 33.6. The van der Waals surface area contributed by atoms with E-state index in [0.717, 1.165) is 57.4 Å². The maximum Gasteiger partial charge on any atom is 0.178 e. The van der Waals surface area contributed by atoms with E-state index < -0.39 is 11.0 Å². The van der Waals surface area contributed by atoms with Crippen LogP contribution in [0.4, 0.5) is 14.5 Å². The average Bonchev–Trinajstić information content (AvgIpc) is 3.58. The number of fused-ring (bicyclic) bond motifs is 12. The average molecular weight is 736 g/mol. The largest absolute Gasteiger partial charge is 0.472 e. The summed E-state index contributed by atoms with van der Waals surface area (Å²) in [6.07, 6.45) is 8.10. The van der Waals surface area contributed by atoms with Gasteiger partial charge in [0.2, 0.25) is 0 Å². The Balaban J connectivity index is 1.14. The number of benzene rings is 7. The molecule has 11 rings (SSSR count). The van der Waals surface area contributed by atoms with Gasteiger partial charge in [0, 0.05) is 51.7 Å². The Morgan fingerprint density at radius 1 is 0.571 bits per heavy atom. The van der Waals surface area contributed by atoms with Gasteiger partial charge in [0.1, 0.15) is 17.4 Å². The van der Waals surface area contributed by atoms with Gasteiger partial charge in [-0.05, 0) is 141 Å². The second-order valence-electron chi connectivity index (χ2n) is 17.4. The van der Waals surface area contributed by atoms with E-state index >= 15 is 4.39 Å². The van der Waals surface area contributed by atoms with Crippen LogP contribution in [0.3, 0.4) is 0 Å². The molecule has 1 unspecified atom stereocenters. The normalized spacial score (nSPS) is 19.6. The molecule has 56 heavy (non-hydrogen) atoms. The predicted octanol–water partition coefficient (Wildman–Crippen LogP) is 13.2. The summed E-state index contributed by atoms with van der Waals surface area (Å²) in [7, 11) is 0. The molecule has 0 amide bonds. The molecule has 7 aromatic rings. The van der Waals surface area contributed by atoms with Crippen LogP contribution in [-0.2, 0) is 16.4 Å². The first-order valence-electron chi connectivity index (χ1n) is 20.1. The van der Waals surface area contributed by atoms with Gasteiger partial charge in [-0.25, -0.2) is 8.78 Å². The van der Waals surface area contributed by atoms with Gasteiger partial charge in [0.05, 0.1) is 0 Å². The van der Waals surface area contributed by atoms with Crippen molar-refractivity contribution in [1.82, 2.24) is 0 Å². The van der Waals surface area contributed by atoms with Crippen molar-refractivity contribution in [2.45, 2.75) is 63.4 Å². The van der Waals surface area contributed by atoms with Gasteiger partial charge >= 0.3 is 0 Å². The highest BCUT2D eigenvalue weighted by molar-refractivity contribution is 6.08. The number of ether oxygens (including phenoxy) is 1. The summed E-state index contributed by atoms with van der Waals surface area (Å²) in [5.74, 6) is 0.0641. The van der Waals surface area contributed by atoms with E-state index in [1.807, 2.05) is 12.1 Å². The summed E-state index contributed by atoms with van der Waals surface area (Å²) in [5, 5.41) is 4.10. The third kappa shape index (κ3) is 4.59. The van der Waals surface area contributed by atoms with Gasteiger partial charge in [0.25, 0.3) is 0 Å². The molecule has 276 valence electrons. The minimum atomic E-state index is -1.02. The molecule has 4 heteroatoms. The zero-order chi connectivity index (χ0) is 38.1. The Hall–Kier alpha value is -5.74. The van der Waals surface area contributed by atoms with Crippen molar-refractivity contribution in [2.24, 2.45) is 0 Å². The number of hydrogen-bond donors (Lipinski definition) is 0. The lowest BCUT2D eigenvalue weighted by Crippen LogP contribution is -2.35. The van der Waals surface area contributed by atoms with E-state index in [1.54, 1.807) is 12.1 Å². The van der Waals surface area contributed by atoms with Crippen molar-refractivity contribution < 1.29 is 13.5 Å². The first-order chi connectivity index (χ1) is 27.0. The molecule has 0 N–H and O–H groups in total. The van der Waals surface area contributed by atoms with Crippen LogP contribution in [0.5, 0.6) is 5.75 Å². The van der Waals surface area contributed by atoms with Crippen molar-refractivity contribution in [2.75, 3.05) is 18.0 Å². The minimum Gasteiger partial charge on any atom is -0.472 e. The highest BCUT2D eigenvalue weighted by Gasteiger charge is 2.46. The molecule has 4 aliphatic rings. The fourth-order valence-electron chi connectivity index (χ4n) is 10.6. The van der Waals surface area contributed by atoms with Crippen molar-refractivity contribution in [3.05, 3.63) is 172 Å². The number of anilines is 1. The Morgan fingerprint density at radius 2 is 1.23 bits per heavy atom. The highest BCUT2D eigenvalue weighted by Crippen LogP contribution is 2.59. The van der Waals surface area contributed by atoms with Crippen LogP contribution >= 0.6 is 0 Å². The smallest absolute Gasteiger partial charge is 0.178 e. The summed E-state index contributed by atoms with van der Waals surface area (Å²) in [4.78, 5) is 2.48. The molecule has 0 bridgehead atoms. The monoisotopic (exact) mass is 735 g/mol. The maximum absolute atomic E-state index is 15.5. The van der Waals surface area contributed by atoms with Gasteiger partial charge < -0.3 is 9.64 Å². The van der Waals surface area contributed by atoms with Gasteiger partial charge in [-0.15, -0.1) is 0 Å². The molecule has 2 aliphatic carbocycles. The molecule has 0 aromatic heterocycles. The molecule has 7 aromatic carbocycles. The zero-order valence-electron chi connectivity index (χ0n) is 32.3. The third-order valence-corrected chi connectivity index (χ3v) is 13.5. The Kier molecular flexibility index (Phi) is 6.98. The second-order valence-corrected chi connectivity index (χ2v) is 17.4. The van der Waals surface area contributed by atoms with E-state index in [4.69, 9.17) is 4.74 Å². The summed E-state index contributed by atoms with van der Waals surface area (Å²) >= 11 is 0. The molecule has 1 saturated heterocycles. The fourth-order valence-corrected chi connectivity index (χ4v) is 10.6. The Morgan fingerprint density at radius 3 is 2.02 bits per heavy atom. The fraction of sp³-hybridized carbons (Fsp3) is 0.231. The molecular formula is C52H43F2NO. The molecular weight excluding hydrogens is 693 g/mol. The minimum absolute atomic E-state index is 0.248. The lowest BCUT2D eigenvalue weighted by atomic mass is 9.75. The van der Waals surface area contributed by atoms with Gasteiger partial charge in [-0.3, -0.25) is 0 Å². The van der Waals surface area contributed by atoms with E-state index in [9.17, 15) is 4.39 Å². The molecule has 1 fully saturated rings. The van der Waals surface area contributed by atoms with Crippen LogP contribution in [0.2, 0.25) is 0 Å². The van der Waals surface area contributed by atoms with Crippen molar-refractivity contribution in [1.29, 1.82) is 0 Å². The first-order valence-corrected chi connectivity index (χ1v) is 20.1. The zero-order valence-corrected chi connectivity index (χ0v) is 32.3. The lowest BCUT2D eigenvalue weighted by molar-refractivity contribution is 0.163. The lowest BCUT2D eigenvalue weighted by Gasteiger charge is -2.39. The quantitative estimate of drug-likeness (QED) is 0.179. The van der Waals surface area contributed by atoms with E-state index in [2.05, 4.69) is 124 Å². The second kappa shape index (κ2) is 11.6. The van der Waals surface area contributed by atoms with Crippen LogP contribution < -0.4 is 9.64 Å². The van der Waals surface area contributed by atoms with Crippen LogP contribution in [0, 0.1) is 11.6 Å². The summed E-state index contributed by atoms with van der Waals surface area (Å²) in [6.45, 7) is 11.1. The molecule has 0 spiro atoms. The van der Waals surface area contributed by atoms with Crippen molar-refractivity contribution in [3.8, 4) is 28.0 Å². The topological polar surface area (TPSA) is 12.5 Å². The number of rotatable bonds is 3. The maximum atomic E-state index is 15.5. The van der Waals surface area contributed by atoms with Crippen molar-refractivity contribution >= 4 is 33.3 Å². The van der Waals surface area contributed by atoms with E-state index in [1.165, 1.54) is 70.1 Å². The summed E-state index contributed by atoms with van der Waals surface area (Å²) < 4.78 is 37.9. The Bertz CT molecular complexity index is 2840. The van der Waals surface area contributed by atoms with Crippen LogP contribution in [0.1, 0.15) is 85.9 Å². The van der Waals surface area contributed by atoms with Crippen LogP contribution in [0.25, 0.3) is 49.9 Å². The van der Waals surface area contributed by atoms with E-state index in [0.29, 0.717) is 11.1 Å². The SMILES string of the molecule is CC1(C)c2cc(C3(c4ccc(N5CCCCC5)cc4)C=Cc4c5c(c6ccc(F)cc6c4O3)-c3ccc(F)cc3C5(C)C)ccc2-c2cc3ccccc3cc21. The molecule has 0 saturated carbocycles. The van der Waals surface area contributed by atoms with Crippen LogP contribution in [0.15, 0.2) is 121 Å². The number of hydrogen-bond acceptors (Lipinski definition) is 2. The Labute approximate surface area is 327 Å².